The van der Waals surface area contributed by atoms with Crippen molar-refractivity contribution in [1.82, 2.24) is 4.31 Å². The van der Waals surface area contributed by atoms with Crippen molar-refractivity contribution >= 4 is 38.9 Å². The van der Waals surface area contributed by atoms with E-state index in [0.29, 0.717) is 30.1 Å². The van der Waals surface area contributed by atoms with E-state index in [-0.39, 0.29) is 10.8 Å². The van der Waals surface area contributed by atoms with E-state index in [1.807, 2.05) is 0 Å². The van der Waals surface area contributed by atoms with E-state index >= 15 is 0 Å². The first-order valence-electron chi connectivity index (χ1n) is 6.31. The third kappa shape index (κ3) is 2.72. The molecular weight excluding hydrogens is 322 g/mol. The molecule has 0 spiro atoms. The van der Waals surface area contributed by atoms with Crippen molar-refractivity contribution in [2.24, 2.45) is 5.41 Å². The van der Waals surface area contributed by atoms with Gasteiger partial charge in [-0.3, -0.25) is 4.79 Å². The van der Waals surface area contributed by atoms with E-state index < -0.39 is 21.4 Å². The van der Waals surface area contributed by atoms with Gasteiger partial charge in [0, 0.05) is 13.1 Å². The van der Waals surface area contributed by atoms with Crippen molar-refractivity contribution in [1.29, 1.82) is 0 Å². The number of halogens is 1. The minimum absolute atomic E-state index is 0.0245. The maximum atomic E-state index is 12.5. The lowest BCUT2D eigenvalue weighted by Gasteiger charge is -2.38. The first-order valence-corrected chi connectivity index (χ1v) is 8.94. The van der Waals surface area contributed by atoms with Gasteiger partial charge >= 0.3 is 5.97 Å². The summed E-state index contributed by atoms with van der Waals surface area (Å²) in [6.07, 6.45) is 1.48. The minimum atomic E-state index is -3.65. The number of carboxylic acid groups (broad SMARTS) is 1. The Morgan fingerprint density at radius 3 is 2.75 bits per heavy atom. The van der Waals surface area contributed by atoms with Crippen LogP contribution in [0.25, 0.3) is 0 Å². The van der Waals surface area contributed by atoms with Crippen molar-refractivity contribution in [2.45, 2.75) is 30.4 Å². The lowest BCUT2D eigenvalue weighted by Crippen LogP contribution is -2.49. The number of carboxylic acids is 1. The summed E-state index contributed by atoms with van der Waals surface area (Å²) in [5, 5.41) is 9.41. The second-order valence-electron chi connectivity index (χ2n) is 4.94. The SMILES string of the molecule is CCC1(C(=O)O)CCCN(S(=O)(=O)c2ccc(Cl)s2)C1. The normalized spacial score (nSPS) is 24.7. The van der Waals surface area contributed by atoms with Crippen LogP contribution in [-0.4, -0.2) is 36.9 Å². The zero-order chi connectivity index (χ0) is 15.0. The number of piperidine rings is 1. The molecule has 1 saturated heterocycles. The molecule has 8 heteroatoms. The average molecular weight is 338 g/mol. The number of hydrogen-bond donors (Lipinski definition) is 1. The van der Waals surface area contributed by atoms with Crippen LogP contribution < -0.4 is 0 Å². The van der Waals surface area contributed by atoms with Gasteiger partial charge in [0.05, 0.1) is 9.75 Å². The Morgan fingerprint density at radius 2 is 2.25 bits per heavy atom. The minimum Gasteiger partial charge on any atom is -0.481 e. The summed E-state index contributed by atoms with van der Waals surface area (Å²) < 4.78 is 26.9. The molecule has 0 saturated carbocycles. The van der Waals surface area contributed by atoms with Gasteiger partial charge in [-0.1, -0.05) is 18.5 Å². The van der Waals surface area contributed by atoms with Crippen molar-refractivity contribution in [3.05, 3.63) is 16.5 Å². The summed E-state index contributed by atoms with van der Waals surface area (Å²) in [7, 11) is -3.65. The zero-order valence-electron chi connectivity index (χ0n) is 11.0. The Kier molecular flexibility index (Phi) is 4.44. The maximum absolute atomic E-state index is 12.5. The summed E-state index contributed by atoms with van der Waals surface area (Å²) >= 11 is 6.77. The number of sulfonamides is 1. The van der Waals surface area contributed by atoms with Gasteiger partial charge < -0.3 is 5.11 Å². The first-order chi connectivity index (χ1) is 9.32. The van der Waals surface area contributed by atoms with Gasteiger partial charge in [-0.2, -0.15) is 4.31 Å². The van der Waals surface area contributed by atoms with Gasteiger partial charge in [0.1, 0.15) is 4.21 Å². The van der Waals surface area contributed by atoms with Gasteiger partial charge in [0.15, 0.2) is 0 Å². The van der Waals surface area contributed by atoms with Crippen molar-refractivity contribution in [2.75, 3.05) is 13.1 Å². The molecule has 1 aliphatic rings. The second kappa shape index (κ2) is 5.63. The van der Waals surface area contributed by atoms with E-state index in [1.165, 1.54) is 16.4 Å². The predicted molar refractivity (Wildman–Crippen MR) is 77.7 cm³/mol. The summed E-state index contributed by atoms with van der Waals surface area (Å²) in [5.41, 5.74) is -0.980. The fourth-order valence-electron chi connectivity index (χ4n) is 2.47. The Hall–Kier alpha value is -0.630. The number of rotatable bonds is 4. The molecule has 1 unspecified atom stereocenters. The fraction of sp³-hybridized carbons (Fsp3) is 0.583. The Bertz CT molecular complexity index is 613. The van der Waals surface area contributed by atoms with Crippen LogP contribution in [0.1, 0.15) is 26.2 Å². The molecule has 1 aromatic heterocycles. The molecule has 1 aliphatic heterocycles. The van der Waals surface area contributed by atoms with E-state index in [1.54, 1.807) is 6.92 Å². The topological polar surface area (TPSA) is 74.7 Å². The smallest absolute Gasteiger partial charge is 0.310 e. The summed E-state index contributed by atoms with van der Waals surface area (Å²) in [5.74, 6) is -0.927. The quantitative estimate of drug-likeness (QED) is 0.916. The van der Waals surface area contributed by atoms with Crippen molar-refractivity contribution < 1.29 is 18.3 Å². The molecule has 2 heterocycles. The number of thiophene rings is 1. The number of nitrogens with zero attached hydrogens (tertiary/aromatic N) is 1. The highest BCUT2D eigenvalue weighted by molar-refractivity contribution is 7.91. The summed E-state index contributed by atoms with van der Waals surface area (Å²) in [6.45, 7) is 2.16. The number of hydrogen-bond acceptors (Lipinski definition) is 4. The van der Waals surface area contributed by atoms with E-state index in [9.17, 15) is 18.3 Å². The van der Waals surface area contributed by atoms with E-state index in [4.69, 9.17) is 11.6 Å². The van der Waals surface area contributed by atoms with Crippen LogP contribution in [0.4, 0.5) is 0 Å². The van der Waals surface area contributed by atoms with Gasteiger partial charge in [0.25, 0.3) is 10.0 Å². The molecule has 0 aromatic carbocycles. The van der Waals surface area contributed by atoms with Crippen LogP contribution >= 0.6 is 22.9 Å². The molecule has 5 nitrogen and oxygen atoms in total. The number of aliphatic carboxylic acids is 1. The van der Waals surface area contributed by atoms with Crippen LogP contribution in [0.5, 0.6) is 0 Å². The second-order valence-corrected chi connectivity index (χ2v) is 8.82. The highest BCUT2D eigenvalue weighted by atomic mass is 35.5. The van der Waals surface area contributed by atoms with Crippen LogP contribution in [0, 0.1) is 5.41 Å². The standard InChI is InChI=1S/C12H16ClNO4S2/c1-2-12(11(15)16)6-3-7-14(8-12)20(17,18)10-5-4-9(13)19-10/h4-5H,2-3,6-8H2,1H3,(H,15,16). The van der Waals surface area contributed by atoms with Crippen LogP contribution in [0.2, 0.25) is 4.34 Å². The molecule has 0 radical (unpaired) electrons. The molecule has 1 aromatic rings. The highest BCUT2D eigenvalue weighted by Gasteiger charge is 2.44. The maximum Gasteiger partial charge on any atom is 0.310 e. The predicted octanol–water partition coefficient (Wildman–Crippen LogP) is 2.67. The monoisotopic (exact) mass is 337 g/mol. The van der Waals surface area contributed by atoms with Gasteiger partial charge in [-0.25, -0.2) is 8.42 Å². The van der Waals surface area contributed by atoms with Gasteiger partial charge in [-0.05, 0) is 31.4 Å². The molecule has 112 valence electrons. The Morgan fingerprint density at radius 1 is 1.55 bits per heavy atom. The molecular formula is C12H16ClNO4S2. The summed E-state index contributed by atoms with van der Waals surface area (Å²) in [6, 6.07) is 3.00. The van der Waals surface area contributed by atoms with Gasteiger partial charge in [0.2, 0.25) is 0 Å². The third-order valence-electron chi connectivity index (χ3n) is 3.82. The third-order valence-corrected chi connectivity index (χ3v) is 7.36. The molecule has 0 amide bonds. The molecule has 0 bridgehead atoms. The fourth-order valence-corrected chi connectivity index (χ4v) is 5.67. The van der Waals surface area contributed by atoms with Crippen LogP contribution in [0.3, 0.4) is 0 Å². The number of carbonyl (C=O) groups is 1. The zero-order valence-corrected chi connectivity index (χ0v) is 13.4. The molecule has 0 aliphatic carbocycles. The largest absolute Gasteiger partial charge is 0.481 e. The molecule has 20 heavy (non-hydrogen) atoms. The molecule has 1 N–H and O–H groups in total. The first kappa shape index (κ1) is 15.8. The van der Waals surface area contributed by atoms with Crippen LogP contribution in [0.15, 0.2) is 16.3 Å². The molecule has 1 atom stereocenters. The van der Waals surface area contributed by atoms with E-state index in [2.05, 4.69) is 0 Å². The lowest BCUT2D eigenvalue weighted by molar-refractivity contribution is -0.151. The Labute approximate surface area is 127 Å². The molecule has 1 fully saturated rings. The van der Waals surface area contributed by atoms with Gasteiger partial charge in [-0.15, -0.1) is 11.3 Å². The van der Waals surface area contributed by atoms with Crippen molar-refractivity contribution in [3.63, 3.8) is 0 Å². The van der Waals surface area contributed by atoms with E-state index in [0.717, 1.165) is 11.3 Å². The van der Waals surface area contributed by atoms with Crippen molar-refractivity contribution in [3.8, 4) is 0 Å². The van der Waals surface area contributed by atoms with Crippen LogP contribution in [-0.2, 0) is 14.8 Å². The lowest BCUT2D eigenvalue weighted by atomic mass is 9.78. The highest BCUT2D eigenvalue weighted by Crippen LogP contribution is 2.37. The summed E-state index contributed by atoms with van der Waals surface area (Å²) in [4.78, 5) is 11.5. The Balaban J connectivity index is 2.31. The molecule has 2 rings (SSSR count). The average Bonchev–Trinajstić information content (AvgIpc) is 2.86.